The number of nitrogens with zero attached hydrogens (tertiary/aromatic N) is 2. The highest BCUT2D eigenvalue weighted by Gasteiger charge is 2.18. The third-order valence-corrected chi connectivity index (χ3v) is 3.66. The normalized spacial score (nSPS) is 15.7. The number of piperazine rings is 1. The molecule has 18 heavy (non-hydrogen) atoms. The van der Waals surface area contributed by atoms with Crippen LogP contribution in [0.1, 0.15) is 12.5 Å². The molecule has 4 heteroatoms. The average molecular weight is 263 g/mol. The Labute approximate surface area is 115 Å². The van der Waals surface area contributed by atoms with Crippen LogP contribution in [0.2, 0.25) is 0 Å². The monoisotopic (exact) mass is 263 g/mol. The van der Waals surface area contributed by atoms with E-state index in [1.165, 1.54) is 11.3 Å². The molecule has 0 aromatic heterocycles. The van der Waals surface area contributed by atoms with Crippen LogP contribution >= 0.6 is 12.2 Å². The fourth-order valence-corrected chi connectivity index (χ4v) is 2.58. The number of benzene rings is 1. The second-order valence-electron chi connectivity index (χ2n) is 4.65. The molecule has 0 saturated carbocycles. The van der Waals surface area contributed by atoms with Gasteiger partial charge in [-0.25, -0.2) is 0 Å². The van der Waals surface area contributed by atoms with Gasteiger partial charge in [0.05, 0.1) is 0 Å². The standard InChI is InChI=1S/C14H21N3S/c1-3-15-14(18)17-9-7-16(8-10-17)13-6-4-5-12(2)11-13/h4-6,11H,3,7-10H2,1-2H3,(H,15,18). The van der Waals surface area contributed by atoms with E-state index in [4.69, 9.17) is 12.2 Å². The minimum Gasteiger partial charge on any atom is -0.368 e. The summed E-state index contributed by atoms with van der Waals surface area (Å²) in [7, 11) is 0. The Bertz CT molecular complexity index is 411. The van der Waals surface area contributed by atoms with Crippen molar-refractivity contribution in [3.63, 3.8) is 0 Å². The molecule has 1 aromatic rings. The average Bonchev–Trinajstić information content (AvgIpc) is 2.39. The van der Waals surface area contributed by atoms with Crippen LogP contribution in [0.5, 0.6) is 0 Å². The van der Waals surface area contributed by atoms with Crippen LogP contribution in [0.25, 0.3) is 0 Å². The first kappa shape index (κ1) is 13.1. The fourth-order valence-electron chi connectivity index (χ4n) is 2.26. The summed E-state index contributed by atoms with van der Waals surface area (Å²) in [6.45, 7) is 9.19. The summed E-state index contributed by atoms with van der Waals surface area (Å²) >= 11 is 5.35. The van der Waals surface area contributed by atoms with Crippen molar-refractivity contribution in [2.45, 2.75) is 13.8 Å². The molecule has 2 rings (SSSR count). The fraction of sp³-hybridized carbons (Fsp3) is 0.500. The van der Waals surface area contributed by atoms with Crippen molar-refractivity contribution in [2.75, 3.05) is 37.6 Å². The lowest BCUT2D eigenvalue weighted by molar-refractivity contribution is 0.381. The Morgan fingerprint density at radius 3 is 2.61 bits per heavy atom. The van der Waals surface area contributed by atoms with E-state index < -0.39 is 0 Å². The van der Waals surface area contributed by atoms with Crippen LogP contribution < -0.4 is 10.2 Å². The second-order valence-corrected chi connectivity index (χ2v) is 5.04. The summed E-state index contributed by atoms with van der Waals surface area (Å²) in [6, 6.07) is 8.70. The lowest BCUT2D eigenvalue weighted by atomic mass is 10.2. The molecular weight excluding hydrogens is 242 g/mol. The van der Waals surface area contributed by atoms with Crippen LogP contribution in [0.3, 0.4) is 0 Å². The van der Waals surface area contributed by atoms with Crippen LogP contribution in [-0.4, -0.2) is 42.7 Å². The molecule has 1 aliphatic heterocycles. The topological polar surface area (TPSA) is 18.5 Å². The van der Waals surface area contributed by atoms with Gasteiger partial charge in [-0.15, -0.1) is 0 Å². The Morgan fingerprint density at radius 2 is 2.00 bits per heavy atom. The van der Waals surface area contributed by atoms with Gasteiger partial charge in [0, 0.05) is 38.4 Å². The van der Waals surface area contributed by atoms with Crippen LogP contribution in [-0.2, 0) is 0 Å². The third kappa shape index (κ3) is 3.13. The lowest BCUT2D eigenvalue weighted by Gasteiger charge is -2.37. The van der Waals surface area contributed by atoms with Gasteiger partial charge in [-0.3, -0.25) is 0 Å². The molecule has 3 nitrogen and oxygen atoms in total. The van der Waals surface area contributed by atoms with Gasteiger partial charge in [-0.05, 0) is 43.8 Å². The van der Waals surface area contributed by atoms with Gasteiger partial charge in [0.15, 0.2) is 5.11 Å². The number of anilines is 1. The van der Waals surface area contributed by atoms with E-state index in [0.29, 0.717) is 0 Å². The van der Waals surface area contributed by atoms with E-state index >= 15 is 0 Å². The van der Waals surface area contributed by atoms with Gasteiger partial charge < -0.3 is 15.1 Å². The predicted molar refractivity (Wildman–Crippen MR) is 81.2 cm³/mol. The van der Waals surface area contributed by atoms with Crippen molar-refractivity contribution in [2.24, 2.45) is 0 Å². The lowest BCUT2D eigenvalue weighted by Crippen LogP contribution is -2.51. The zero-order chi connectivity index (χ0) is 13.0. The van der Waals surface area contributed by atoms with Crippen LogP contribution in [0.15, 0.2) is 24.3 Å². The molecule has 1 saturated heterocycles. The molecule has 0 bridgehead atoms. The zero-order valence-corrected chi connectivity index (χ0v) is 12.0. The Hall–Kier alpha value is -1.29. The zero-order valence-electron chi connectivity index (χ0n) is 11.1. The number of rotatable bonds is 2. The van der Waals surface area contributed by atoms with Crippen LogP contribution in [0.4, 0.5) is 5.69 Å². The molecule has 0 unspecified atom stereocenters. The Balaban J connectivity index is 1.92. The molecule has 0 amide bonds. The number of aryl methyl sites for hydroxylation is 1. The molecule has 1 fully saturated rings. The minimum atomic E-state index is 0.890. The number of thiocarbonyl (C=S) groups is 1. The van der Waals surface area contributed by atoms with Crippen molar-refractivity contribution >= 4 is 23.0 Å². The highest BCUT2D eigenvalue weighted by Crippen LogP contribution is 2.17. The van der Waals surface area contributed by atoms with Gasteiger partial charge in [-0.2, -0.15) is 0 Å². The van der Waals surface area contributed by atoms with Gasteiger partial charge in [0.25, 0.3) is 0 Å². The van der Waals surface area contributed by atoms with E-state index in [2.05, 4.69) is 53.2 Å². The van der Waals surface area contributed by atoms with Crippen molar-refractivity contribution in [1.29, 1.82) is 0 Å². The summed E-state index contributed by atoms with van der Waals surface area (Å²) in [5.41, 5.74) is 2.64. The second kappa shape index (κ2) is 6.05. The molecule has 1 aliphatic rings. The van der Waals surface area contributed by atoms with Crippen molar-refractivity contribution < 1.29 is 0 Å². The van der Waals surface area contributed by atoms with Crippen molar-refractivity contribution in [3.05, 3.63) is 29.8 Å². The Kier molecular flexibility index (Phi) is 4.42. The maximum atomic E-state index is 5.35. The van der Waals surface area contributed by atoms with Gasteiger partial charge in [0.2, 0.25) is 0 Å². The maximum absolute atomic E-state index is 5.35. The molecule has 98 valence electrons. The number of nitrogens with one attached hydrogen (secondary N) is 1. The molecule has 1 N–H and O–H groups in total. The van der Waals surface area contributed by atoms with Gasteiger partial charge >= 0.3 is 0 Å². The van der Waals surface area contributed by atoms with E-state index in [-0.39, 0.29) is 0 Å². The molecule has 0 radical (unpaired) electrons. The SMILES string of the molecule is CCNC(=S)N1CCN(c2cccc(C)c2)CC1. The summed E-state index contributed by atoms with van der Waals surface area (Å²) in [4.78, 5) is 4.68. The first-order chi connectivity index (χ1) is 8.70. The Morgan fingerprint density at radius 1 is 1.28 bits per heavy atom. The quantitative estimate of drug-likeness (QED) is 0.822. The molecular formula is C14H21N3S. The van der Waals surface area contributed by atoms with Crippen molar-refractivity contribution in [1.82, 2.24) is 10.2 Å². The highest BCUT2D eigenvalue weighted by atomic mass is 32.1. The molecule has 1 heterocycles. The first-order valence-electron chi connectivity index (χ1n) is 6.55. The smallest absolute Gasteiger partial charge is 0.169 e. The molecule has 1 aromatic carbocycles. The van der Waals surface area contributed by atoms with E-state index in [1.54, 1.807) is 0 Å². The van der Waals surface area contributed by atoms with Crippen LogP contribution in [0, 0.1) is 6.92 Å². The van der Waals surface area contributed by atoms with E-state index in [1.807, 2.05) is 0 Å². The first-order valence-corrected chi connectivity index (χ1v) is 6.96. The third-order valence-electron chi connectivity index (χ3n) is 3.26. The maximum Gasteiger partial charge on any atom is 0.169 e. The molecule has 0 spiro atoms. The number of hydrogen-bond acceptors (Lipinski definition) is 2. The number of hydrogen-bond donors (Lipinski definition) is 1. The van der Waals surface area contributed by atoms with Gasteiger partial charge in [-0.1, -0.05) is 12.1 Å². The minimum absolute atomic E-state index is 0.890. The summed E-state index contributed by atoms with van der Waals surface area (Å²) in [5.74, 6) is 0. The summed E-state index contributed by atoms with van der Waals surface area (Å²) in [6.07, 6.45) is 0. The predicted octanol–water partition coefficient (Wildman–Crippen LogP) is 2.01. The molecule has 0 atom stereocenters. The van der Waals surface area contributed by atoms with E-state index in [9.17, 15) is 0 Å². The highest BCUT2D eigenvalue weighted by molar-refractivity contribution is 7.80. The largest absolute Gasteiger partial charge is 0.368 e. The summed E-state index contributed by atoms with van der Waals surface area (Å²) < 4.78 is 0. The molecule has 0 aliphatic carbocycles. The summed E-state index contributed by atoms with van der Waals surface area (Å²) in [5, 5.41) is 4.11. The van der Waals surface area contributed by atoms with Gasteiger partial charge in [0.1, 0.15) is 0 Å². The van der Waals surface area contributed by atoms with E-state index in [0.717, 1.165) is 37.8 Å². The van der Waals surface area contributed by atoms with Crippen molar-refractivity contribution in [3.8, 4) is 0 Å².